The van der Waals surface area contributed by atoms with Crippen molar-refractivity contribution in [3.63, 3.8) is 0 Å². The van der Waals surface area contributed by atoms with Crippen LogP contribution < -0.4 is 31.6 Å². The van der Waals surface area contributed by atoms with Gasteiger partial charge in [0.1, 0.15) is 11.5 Å². The molecular formula is C19H24N4O6S2. The minimum Gasteiger partial charge on any atom is -0.494 e. The van der Waals surface area contributed by atoms with E-state index in [1.807, 2.05) is 0 Å². The van der Waals surface area contributed by atoms with Gasteiger partial charge in [0.2, 0.25) is 30.8 Å². The van der Waals surface area contributed by atoms with Crippen molar-refractivity contribution in [3.8, 4) is 11.5 Å². The van der Waals surface area contributed by atoms with E-state index in [-0.39, 0.29) is 10.2 Å². The van der Waals surface area contributed by atoms with E-state index >= 15 is 0 Å². The molecule has 0 aliphatic rings. The average Bonchev–Trinajstić information content (AvgIpc) is 2.75. The molecule has 6 N–H and O–H groups in total. The predicted octanol–water partition coefficient (Wildman–Crippen LogP) is 0.989. The maximum Gasteiger partial charge on any atom is 0.249 e. The largest absolute Gasteiger partial charge is 0.494 e. The molecular weight excluding hydrogens is 444 g/mol. The van der Waals surface area contributed by atoms with Crippen LogP contribution in [0.2, 0.25) is 0 Å². The molecule has 0 heterocycles. The number of benzene rings is 2. The molecule has 2 aromatic rings. The third-order valence-electron chi connectivity index (χ3n) is 3.93. The number of hydrogen-bond acceptors (Lipinski definition) is 6. The lowest BCUT2D eigenvalue weighted by molar-refractivity contribution is 0.279. The van der Waals surface area contributed by atoms with Gasteiger partial charge in [0.15, 0.2) is 0 Å². The van der Waals surface area contributed by atoms with E-state index in [9.17, 15) is 16.8 Å². The molecule has 0 saturated heterocycles. The van der Waals surface area contributed by atoms with Gasteiger partial charge in [-0.15, -0.1) is 0 Å². The smallest absolute Gasteiger partial charge is 0.249 e. The van der Waals surface area contributed by atoms with Gasteiger partial charge in [0.05, 0.1) is 13.2 Å². The van der Waals surface area contributed by atoms with Crippen LogP contribution in [-0.4, -0.2) is 40.3 Å². The SMILES string of the molecule is NC(Nc1ccc(OCCCCCOc2ccc(NC(N)=S(=O)=O)cc2)cc1)=S(=O)=O. The van der Waals surface area contributed by atoms with Crippen LogP contribution in [0.25, 0.3) is 0 Å². The molecule has 0 aromatic heterocycles. The monoisotopic (exact) mass is 468 g/mol. The Morgan fingerprint density at radius 3 is 1.32 bits per heavy atom. The minimum atomic E-state index is -2.48. The van der Waals surface area contributed by atoms with Gasteiger partial charge in [-0.05, 0) is 67.8 Å². The molecule has 0 unspecified atom stereocenters. The zero-order valence-corrected chi connectivity index (χ0v) is 18.2. The Labute approximate surface area is 183 Å². The zero-order chi connectivity index (χ0) is 22.6. The van der Waals surface area contributed by atoms with E-state index < -0.39 is 20.6 Å². The van der Waals surface area contributed by atoms with Crippen LogP contribution in [0, 0.1) is 0 Å². The van der Waals surface area contributed by atoms with Crippen LogP contribution in [0.3, 0.4) is 0 Å². The average molecular weight is 469 g/mol. The summed E-state index contributed by atoms with van der Waals surface area (Å²) < 4.78 is 54.0. The van der Waals surface area contributed by atoms with Crippen molar-refractivity contribution in [1.29, 1.82) is 0 Å². The van der Waals surface area contributed by atoms with E-state index in [0.717, 1.165) is 19.3 Å². The molecule has 0 bridgehead atoms. The van der Waals surface area contributed by atoms with Crippen LogP contribution >= 0.6 is 0 Å². The number of unbranched alkanes of at least 4 members (excludes halogenated alkanes) is 2. The third kappa shape index (κ3) is 9.09. The number of rotatable bonds is 10. The quantitative estimate of drug-likeness (QED) is 0.292. The molecule has 31 heavy (non-hydrogen) atoms. The normalized spacial score (nSPS) is 10.1. The molecule has 0 saturated carbocycles. The second-order valence-electron chi connectivity index (χ2n) is 6.25. The van der Waals surface area contributed by atoms with Crippen LogP contribution in [0.4, 0.5) is 11.4 Å². The standard InChI is InChI=1S/C19H24N4O6S2/c20-18(30(24)25)22-14-4-8-16(9-5-14)28-12-2-1-3-13-29-17-10-6-15(7-11-17)23-19(21)31(26)27/h4-11,22-23H,1-3,12-13,20-21H2. The minimum absolute atomic E-state index is 0.344. The van der Waals surface area contributed by atoms with E-state index in [4.69, 9.17) is 20.9 Å². The van der Waals surface area contributed by atoms with Gasteiger partial charge in [-0.3, -0.25) is 11.5 Å². The molecule has 0 atom stereocenters. The number of ether oxygens (including phenoxy) is 2. The van der Waals surface area contributed by atoms with Gasteiger partial charge in [-0.25, -0.2) is 0 Å². The summed E-state index contributed by atoms with van der Waals surface area (Å²) in [7, 11) is -4.96. The van der Waals surface area contributed by atoms with E-state index in [1.165, 1.54) is 0 Å². The van der Waals surface area contributed by atoms with Crippen LogP contribution in [0.1, 0.15) is 19.3 Å². The zero-order valence-electron chi connectivity index (χ0n) is 16.6. The van der Waals surface area contributed by atoms with Crippen molar-refractivity contribution in [2.75, 3.05) is 23.8 Å². The third-order valence-corrected chi connectivity index (χ3v) is 4.85. The first-order chi connectivity index (χ1) is 14.8. The highest BCUT2D eigenvalue weighted by atomic mass is 32.2. The summed E-state index contributed by atoms with van der Waals surface area (Å²) in [5.41, 5.74) is 11.7. The van der Waals surface area contributed by atoms with Gasteiger partial charge in [0.25, 0.3) is 0 Å². The number of nitrogens with two attached hydrogens (primary N) is 2. The Kier molecular flexibility index (Phi) is 9.84. The van der Waals surface area contributed by atoms with Crippen molar-refractivity contribution in [3.05, 3.63) is 48.5 Å². The topological polar surface area (TPSA) is 163 Å². The Hall–Kier alpha value is -3.06. The summed E-state index contributed by atoms with van der Waals surface area (Å²) in [6.07, 6.45) is 2.62. The van der Waals surface area contributed by atoms with Gasteiger partial charge in [-0.1, -0.05) is 0 Å². The number of hydrogen-bond donors (Lipinski definition) is 4. The van der Waals surface area contributed by atoms with Gasteiger partial charge < -0.3 is 20.1 Å². The van der Waals surface area contributed by atoms with E-state index in [2.05, 4.69) is 10.6 Å². The van der Waals surface area contributed by atoms with Crippen LogP contribution in [-0.2, 0) is 20.6 Å². The Balaban J connectivity index is 1.61. The van der Waals surface area contributed by atoms with Crippen molar-refractivity contribution in [2.45, 2.75) is 19.3 Å². The molecule has 10 nitrogen and oxygen atoms in total. The number of nitrogens with one attached hydrogen (secondary N) is 2. The van der Waals surface area contributed by atoms with Crippen molar-refractivity contribution < 1.29 is 26.3 Å². The fourth-order valence-corrected chi connectivity index (χ4v) is 2.80. The molecule has 0 aliphatic heterocycles. The second-order valence-corrected chi connectivity index (χ2v) is 8.07. The molecule has 168 valence electrons. The van der Waals surface area contributed by atoms with Gasteiger partial charge in [-0.2, -0.15) is 16.8 Å². The van der Waals surface area contributed by atoms with Crippen molar-refractivity contribution in [2.24, 2.45) is 11.5 Å². The Morgan fingerprint density at radius 1 is 0.645 bits per heavy atom. The second kappa shape index (κ2) is 12.6. The molecule has 0 spiro atoms. The maximum absolute atomic E-state index is 10.7. The molecule has 0 aliphatic carbocycles. The van der Waals surface area contributed by atoms with Crippen LogP contribution in [0.5, 0.6) is 11.5 Å². The lowest BCUT2D eigenvalue weighted by Gasteiger charge is -2.09. The molecule has 12 heteroatoms. The molecule has 0 fully saturated rings. The highest BCUT2D eigenvalue weighted by Gasteiger charge is 2.00. The summed E-state index contributed by atoms with van der Waals surface area (Å²) >= 11 is 0. The number of anilines is 2. The summed E-state index contributed by atoms with van der Waals surface area (Å²) in [5.74, 6) is 1.35. The van der Waals surface area contributed by atoms with E-state index in [0.29, 0.717) is 36.1 Å². The van der Waals surface area contributed by atoms with Crippen molar-refractivity contribution >= 4 is 42.2 Å². The maximum atomic E-state index is 10.7. The fourth-order valence-electron chi connectivity index (χ4n) is 2.40. The first kappa shape index (κ1) is 24.2. The van der Waals surface area contributed by atoms with Crippen molar-refractivity contribution in [1.82, 2.24) is 0 Å². The Morgan fingerprint density at radius 2 is 1.00 bits per heavy atom. The van der Waals surface area contributed by atoms with E-state index in [1.54, 1.807) is 48.5 Å². The van der Waals surface area contributed by atoms with Gasteiger partial charge >= 0.3 is 0 Å². The molecule has 0 radical (unpaired) electrons. The predicted molar refractivity (Wildman–Crippen MR) is 121 cm³/mol. The lowest BCUT2D eigenvalue weighted by Crippen LogP contribution is -2.23. The molecule has 0 amide bonds. The van der Waals surface area contributed by atoms with Crippen LogP contribution in [0.15, 0.2) is 48.5 Å². The summed E-state index contributed by atoms with van der Waals surface area (Å²) in [6.45, 7) is 1.09. The molecule has 2 aromatic carbocycles. The first-order valence-electron chi connectivity index (χ1n) is 9.28. The summed E-state index contributed by atoms with van der Waals surface area (Å²) in [5, 5.41) is 4.44. The Bertz CT molecular complexity index is 1020. The summed E-state index contributed by atoms with van der Waals surface area (Å²) in [4.78, 5) is 0. The highest BCUT2D eigenvalue weighted by Crippen LogP contribution is 2.17. The summed E-state index contributed by atoms with van der Waals surface area (Å²) in [6, 6.07) is 13.6. The van der Waals surface area contributed by atoms with Gasteiger partial charge in [0, 0.05) is 11.4 Å². The highest BCUT2D eigenvalue weighted by molar-refractivity contribution is 7.73. The lowest BCUT2D eigenvalue weighted by atomic mass is 10.2. The fraction of sp³-hybridized carbons (Fsp3) is 0.263. The molecule has 2 rings (SSSR count). The first-order valence-corrected chi connectivity index (χ1v) is 11.4.